The van der Waals surface area contributed by atoms with Gasteiger partial charge in [0.25, 0.3) is 0 Å². The van der Waals surface area contributed by atoms with Gasteiger partial charge in [0, 0.05) is 23.4 Å². The zero-order chi connectivity index (χ0) is 19.6. The Balaban J connectivity index is 1.89. The number of carboxylic acids is 1. The molecule has 0 aromatic heterocycles. The van der Waals surface area contributed by atoms with Crippen LogP contribution in [0.15, 0.2) is 30.3 Å². The summed E-state index contributed by atoms with van der Waals surface area (Å²) in [4.78, 5) is 11.4. The topological polar surface area (TPSA) is 99.1 Å². The lowest BCUT2D eigenvalue weighted by atomic mass is 9.94. The Bertz CT molecular complexity index is 980. The molecular formula is C19H20O7S. The van der Waals surface area contributed by atoms with Gasteiger partial charge in [-0.25, -0.2) is 13.2 Å². The Kier molecular flexibility index (Phi) is 5.27. The molecular weight excluding hydrogens is 372 g/mol. The second-order valence-corrected chi connectivity index (χ2v) is 8.57. The summed E-state index contributed by atoms with van der Waals surface area (Å²) in [6.07, 6.45) is 1.58. The third-order valence-corrected chi connectivity index (χ3v) is 5.27. The molecule has 0 unspecified atom stereocenters. The summed E-state index contributed by atoms with van der Waals surface area (Å²) in [5.41, 5.74) is 2.18. The number of hydrogen-bond acceptors (Lipinski definition) is 6. The average Bonchev–Trinajstić information content (AvgIpc) is 2.77. The molecule has 1 N–H and O–H groups in total. The first-order valence-electron chi connectivity index (χ1n) is 8.34. The molecule has 7 nitrogen and oxygen atoms in total. The number of aromatic carboxylic acids is 1. The van der Waals surface area contributed by atoms with Crippen LogP contribution in [0.2, 0.25) is 0 Å². The minimum Gasteiger partial charge on any atom is -0.493 e. The third-order valence-electron chi connectivity index (χ3n) is 4.24. The van der Waals surface area contributed by atoms with Crippen LogP contribution < -0.4 is 14.2 Å². The van der Waals surface area contributed by atoms with Gasteiger partial charge < -0.3 is 19.3 Å². The molecule has 0 saturated heterocycles. The summed E-state index contributed by atoms with van der Waals surface area (Å²) in [5, 5.41) is 9.37. The van der Waals surface area contributed by atoms with E-state index in [1.807, 2.05) is 0 Å². The van der Waals surface area contributed by atoms with Crippen LogP contribution >= 0.6 is 0 Å². The molecule has 0 bridgehead atoms. The molecule has 0 aliphatic carbocycles. The first-order chi connectivity index (χ1) is 12.8. The lowest BCUT2D eigenvalue weighted by Crippen LogP contribution is -2.08. The van der Waals surface area contributed by atoms with Crippen LogP contribution in [0.25, 0.3) is 11.1 Å². The highest BCUT2D eigenvalue weighted by atomic mass is 32.2. The van der Waals surface area contributed by atoms with Crippen molar-refractivity contribution in [3.05, 3.63) is 41.5 Å². The van der Waals surface area contributed by atoms with Gasteiger partial charge in [-0.1, -0.05) is 0 Å². The smallest absolute Gasteiger partial charge is 0.335 e. The van der Waals surface area contributed by atoms with Crippen molar-refractivity contribution in [1.29, 1.82) is 0 Å². The van der Waals surface area contributed by atoms with Crippen molar-refractivity contribution in [2.24, 2.45) is 0 Å². The third kappa shape index (κ3) is 4.33. The molecule has 1 aliphatic rings. The van der Waals surface area contributed by atoms with E-state index in [1.165, 1.54) is 12.3 Å². The molecule has 1 heterocycles. The van der Waals surface area contributed by atoms with E-state index in [9.17, 15) is 18.3 Å². The number of carbonyl (C=O) groups is 1. The Hall–Kier alpha value is -2.74. The van der Waals surface area contributed by atoms with Crippen LogP contribution in [-0.2, 0) is 9.84 Å². The van der Waals surface area contributed by atoms with E-state index < -0.39 is 15.8 Å². The second-order valence-electron chi connectivity index (χ2n) is 6.31. The summed E-state index contributed by atoms with van der Waals surface area (Å²) in [6.45, 7) is 1.99. The number of benzene rings is 2. The Labute approximate surface area is 157 Å². The van der Waals surface area contributed by atoms with Crippen LogP contribution in [0.3, 0.4) is 0 Å². The Morgan fingerprint density at radius 3 is 2.63 bits per heavy atom. The second kappa shape index (κ2) is 7.48. The molecule has 0 fully saturated rings. The SMILES string of the molecule is Cc1c(C(=O)O)ccc2c1-c1ccc(OCCCS(C)(=O)=O)cc1OCO2. The van der Waals surface area contributed by atoms with Crippen molar-refractivity contribution in [2.45, 2.75) is 13.3 Å². The van der Waals surface area contributed by atoms with Gasteiger partial charge >= 0.3 is 5.97 Å². The quantitative estimate of drug-likeness (QED) is 0.755. The summed E-state index contributed by atoms with van der Waals surface area (Å²) in [6, 6.07) is 8.36. The van der Waals surface area contributed by atoms with E-state index >= 15 is 0 Å². The van der Waals surface area contributed by atoms with Gasteiger partial charge in [0.2, 0.25) is 6.79 Å². The maximum atomic E-state index is 11.4. The first kappa shape index (κ1) is 19.0. The number of carboxylic acid groups (broad SMARTS) is 1. The van der Waals surface area contributed by atoms with Gasteiger partial charge in [0.15, 0.2) is 0 Å². The first-order valence-corrected chi connectivity index (χ1v) is 10.4. The van der Waals surface area contributed by atoms with Gasteiger partial charge in [-0.3, -0.25) is 0 Å². The fourth-order valence-electron chi connectivity index (χ4n) is 2.96. The Morgan fingerprint density at radius 2 is 1.93 bits per heavy atom. The predicted molar refractivity (Wildman–Crippen MR) is 99.5 cm³/mol. The molecule has 1 aliphatic heterocycles. The van der Waals surface area contributed by atoms with Gasteiger partial charge in [0.05, 0.1) is 17.9 Å². The molecule has 144 valence electrons. The molecule has 0 saturated carbocycles. The maximum Gasteiger partial charge on any atom is 0.335 e. The molecule has 0 radical (unpaired) electrons. The molecule has 0 atom stereocenters. The Morgan fingerprint density at radius 1 is 1.19 bits per heavy atom. The number of ether oxygens (including phenoxy) is 3. The monoisotopic (exact) mass is 392 g/mol. The van der Waals surface area contributed by atoms with Crippen LogP contribution in [0.1, 0.15) is 22.3 Å². The number of hydrogen-bond donors (Lipinski definition) is 1. The van der Waals surface area contributed by atoms with Crippen LogP contribution in [0.4, 0.5) is 0 Å². The molecule has 2 aromatic rings. The minimum atomic E-state index is -3.02. The summed E-state index contributed by atoms with van der Waals surface area (Å²) >= 11 is 0. The highest BCUT2D eigenvalue weighted by Crippen LogP contribution is 2.43. The van der Waals surface area contributed by atoms with Gasteiger partial charge in [-0.2, -0.15) is 0 Å². The summed E-state index contributed by atoms with van der Waals surface area (Å²) < 4.78 is 39.2. The van der Waals surface area contributed by atoms with Crippen molar-refractivity contribution in [1.82, 2.24) is 0 Å². The van der Waals surface area contributed by atoms with Crippen molar-refractivity contribution in [2.75, 3.05) is 25.4 Å². The number of fused-ring (bicyclic) bond motifs is 3. The van der Waals surface area contributed by atoms with Crippen molar-refractivity contribution in [3.63, 3.8) is 0 Å². The number of rotatable bonds is 6. The molecule has 3 rings (SSSR count). The molecule has 2 aromatic carbocycles. The van der Waals surface area contributed by atoms with Crippen molar-refractivity contribution in [3.8, 4) is 28.4 Å². The fraction of sp³-hybridized carbons (Fsp3) is 0.316. The molecule has 0 amide bonds. The summed E-state index contributed by atoms with van der Waals surface area (Å²) in [5.74, 6) is 0.663. The maximum absolute atomic E-state index is 11.4. The van der Waals surface area contributed by atoms with E-state index in [4.69, 9.17) is 14.2 Å². The van der Waals surface area contributed by atoms with E-state index in [1.54, 1.807) is 31.2 Å². The van der Waals surface area contributed by atoms with Crippen molar-refractivity contribution >= 4 is 15.8 Å². The number of sulfone groups is 1. The van der Waals surface area contributed by atoms with E-state index in [-0.39, 0.29) is 24.7 Å². The van der Waals surface area contributed by atoms with E-state index in [0.717, 1.165) is 0 Å². The van der Waals surface area contributed by atoms with Crippen LogP contribution in [0.5, 0.6) is 17.2 Å². The minimum absolute atomic E-state index is 0.0105. The standard InChI is InChI=1S/C19H20O7S/c1-12-14(19(20)21)6-7-16-18(12)15-5-4-13(10-17(15)26-11-25-16)24-8-3-9-27(2,22)23/h4-7,10H,3,8-9,11H2,1-2H3,(H,20,21). The van der Waals surface area contributed by atoms with Gasteiger partial charge in [-0.05, 0) is 43.2 Å². The zero-order valence-electron chi connectivity index (χ0n) is 15.0. The summed E-state index contributed by atoms with van der Waals surface area (Å²) in [7, 11) is -3.02. The predicted octanol–water partition coefficient (Wildman–Crippen LogP) is 2.90. The zero-order valence-corrected chi connectivity index (χ0v) is 15.8. The van der Waals surface area contributed by atoms with Crippen molar-refractivity contribution < 1.29 is 32.5 Å². The lowest BCUT2D eigenvalue weighted by molar-refractivity contribution is 0.0696. The largest absolute Gasteiger partial charge is 0.493 e. The highest BCUT2D eigenvalue weighted by molar-refractivity contribution is 7.90. The van der Waals surface area contributed by atoms with E-state index in [2.05, 4.69) is 0 Å². The van der Waals surface area contributed by atoms with Gasteiger partial charge in [0.1, 0.15) is 27.1 Å². The van der Waals surface area contributed by atoms with Crippen LogP contribution in [0, 0.1) is 6.92 Å². The fourth-order valence-corrected chi connectivity index (χ4v) is 3.60. The molecule has 8 heteroatoms. The lowest BCUT2D eigenvalue weighted by Gasteiger charge is -2.13. The van der Waals surface area contributed by atoms with Gasteiger partial charge in [-0.15, -0.1) is 0 Å². The normalized spacial score (nSPS) is 12.8. The van der Waals surface area contributed by atoms with Crippen LogP contribution in [-0.4, -0.2) is 44.9 Å². The van der Waals surface area contributed by atoms with E-state index in [0.29, 0.717) is 40.4 Å². The molecule has 27 heavy (non-hydrogen) atoms. The average molecular weight is 392 g/mol. The molecule has 0 spiro atoms. The highest BCUT2D eigenvalue weighted by Gasteiger charge is 2.22.